The first-order valence-electron chi connectivity index (χ1n) is 8.86. The van der Waals surface area contributed by atoms with Gasteiger partial charge in [0.15, 0.2) is 0 Å². The van der Waals surface area contributed by atoms with E-state index in [9.17, 15) is 14.0 Å². The Morgan fingerprint density at radius 1 is 1.04 bits per heavy atom. The SMILES string of the molecule is Nc1cc(C(=O)NC2CCC2NC(=O)c2cc3cc(F)ccc3[nH]2)ccc1Cl. The number of hydrogen-bond acceptors (Lipinski definition) is 3. The molecule has 4 rings (SSSR count). The first-order chi connectivity index (χ1) is 13.4. The maximum Gasteiger partial charge on any atom is 0.268 e. The predicted octanol–water partition coefficient (Wildman–Crippen LogP) is 3.23. The molecule has 1 saturated carbocycles. The van der Waals surface area contributed by atoms with Crippen molar-refractivity contribution in [3.8, 4) is 0 Å². The number of amides is 2. The number of nitrogens with one attached hydrogen (secondary N) is 3. The summed E-state index contributed by atoms with van der Waals surface area (Å²) in [5.41, 5.74) is 7.52. The first-order valence-corrected chi connectivity index (χ1v) is 9.23. The van der Waals surface area contributed by atoms with E-state index in [2.05, 4.69) is 15.6 Å². The number of hydrogen-bond donors (Lipinski definition) is 4. The second-order valence-corrected chi connectivity index (χ2v) is 7.30. The van der Waals surface area contributed by atoms with Gasteiger partial charge in [-0.15, -0.1) is 0 Å². The number of carbonyl (C=O) groups excluding carboxylic acids is 2. The molecule has 28 heavy (non-hydrogen) atoms. The number of benzene rings is 2. The van der Waals surface area contributed by atoms with Crippen LogP contribution in [0.2, 0.25) is 5.02 Å². The largest absolute Gasteiger partial charge is 0.398 e. The topological polar surface area (TPSA) is 100 Å². The average Bonchev–Trinajstić information content (AvgIpc) is 3.08. The van der Waals surface area contributed by atoms with Gasteiger partial charge >= 0.3 is 0 Å². The molecule has 1 fully saturated rings. The van der Waals surface area contributed by atoms with Crippen LogP contribution in [-0.2, 0) is 0 Å². The van der Waals surface area contributed by atoms with Crippen molar-refractivity contribution in [1.29, 1.82) is 0 Å². The lowest BCUT2D eigenvalue weighted by atomic mass is 9.86. The number of aromatic amines is 1. The highest BCUT2D eigenvalue weighted by molar-refractivity contribution is 6.33. The van der Waals surface area contributed by atoms with Crippen LogP contribution in [0.15, 0.2) is 42.5 Å². The molecule has 1 aliphatic carbocycles. The van der Waals surface area contributed by atoms with E-state index in [0.717, 1.165) is 12.8 Å². The minimum Gasteiger partial charge on any atom is -0.398 e. The fourth-order valence-electron chi connectivity index (χ4n) is 3.25. The lowest BCUT2D eigenvalue weighted by molar-refractivity contribution is 0.0827. The van der Waals surface area contributed by atoms with Gasteiger partial charge in [0.1, 0.15) is 11.5 Å². The lowest BCUT2D eigenvalue weighted by Gasteiger charge is -2.37. The summed E-state index contributed by atoms with van der Waals surface area (Å²) in [6.07, 6.45) is 1.52. The fourth-order valence-corrected chi connectivity index (χ4v) is 3.37. The van der Waals surface area contributed by atoms with Gasteiger partial charge in [-0.2, -0.15) is 0 Å². The molecule has 8 heteroatoms. The number of halogens is 2. The van der Waals surface area contributed by atoms with Gasteiger partial charge in [0.2, 0.25) is 0 Å². The summed E-state index contributed by atoms with van der Waals surface area (Å²) in [4.78, 5) is 27.9. The van der Waals surface area contributed by atoms with E-state index >= 15 is 0 Å². The molecule has 2 unspecified atom stereocenters. The van der Waals surface area contributed by atoms with E-state index in [1.165, 1.54) is 18.2 Å². The van der Waals surface area contributed by atoms with E-state index in [-0.39, 0.29) is 29.7 Å². The van der Waals surface area contributed by atoms with Crippen LogP contribution in [0.3, 0.4) is 0 Å². The summed E-state index contributed by atoms with van der Waals surface area (Å²) < 4.78 is 13.3. The molecule has 0 saturated heterocycles. The molecule has 3 aromatic rings. The zero-order valence-electron chi connectivity index (χ0n) is 14.8. The Labute approximate surface area is 165 Å². The van der Waals surface area contributed by atoms with E-state index in [1.807, 2.05) is 0 Å². The molecule has 2 aromatic carbocycles. The van der Waals surface area contributed by atoms with Crippen molar-refractivity contribution < 1.29 is 14.0 Å². The Hall–Kier alpha value is -3.06. The Morgan fingerprint density at radius 2 is 1.75 bits per heavy atom. The first kappa shape index (κ1) is 18.3. The quantitative estimate of drug-likeness (QED) is 0.506. The number of fused-ring (bicyclic) bond motifs is 1. The summed E-state index contributed by atoms with van der Waals surface area (Å²) in [5, 5.41) is 6.84. The van der Waals surface area contributed by atoms with Gasteiger partial charge in [0.25, 0.3) is 11.8 Å². The smallest absolute Gasteiger partial charge is 0.268 e. The molecule has 6 nitrogen and oxygen atoms in total. The van der Waals surface area contributed by atoms with Crippen molar-refractivity contribution in [3.05, 3.63) is 64.6 Å². The minimum atomic E-state index is -0.358. The Balaban J connectivity index is 1.40. The Morgan fingerprint density at radius 3 is 2.43 bits per heavy atom. The zero-order valence-corrected chi connectivity index (χ0v) is 15.5. The molecule has 1 aromatic heterocycles. The predicted molar refractivity (Wildman–Crippen MR) is 106 cm³/mol. The van der Waals surface area contributed by atoms with Crippen LogP contribution in [0.4, 0.5) is 10.1 Å². The highest BCUT2D eigenvalue weighted by Crippen LogP contribution is 2.23. The molecule has 1 aliphatic rings. The van der Waals surface area contributed by atoms with Crippen molar-refractivity contribution in [2.75, 3.05) is 5.73 Å². The number of carbonyl (C=O) groups is 2. The van der Waals surface area contributed by atoms with Crippen molar-refractivity contribution in [2.45, 2.75) is 24.9 Å². The number of aromatic nitrogens is 1. The summed E-state index contributed by atoms with van der Waals surface area (Å²) >= 11 is 5.88. The van der Waals surface area contributed by atoms with Gasteiger partial charge in [0, 0.05) is 28.6 Å². The Bertz CT molecular complexity index is 1080. The van der Waals surface area contributed by atoms with E-state index < -0.39 is 0 Å². The maximum absolute atomic E-state index is 13.3. The highest BCUT2D eigenvalue weighted by Gasteiger charge is 2.34. The van der Waals surface area contributed by atoms with Gasteiger partial charge in [-0.05, 0) is 55.3 Å². The van der Waals surface area contributed by atoms with Crippen LogP contribution in [0, 0.1) is 5.82 Å². The molecule has 0 aliphatic heterocycles. The van der Waals surface area contributed by atoms with Crippen LogP contribution in [0.1, 0.15) is 33.7 Å². The van der Waals surface area contributed by atoms with E-state index in [1.54, 1.807) is 24.3 Å². The number of nitrogens with two attached hydrogens (primary N) is 1. The molecule has 0 spiro atoms. The van der Waals surface area contributed by atoms with Crippen molar-refractivity contribution >= 4 is 40.0 Å². The Kier molecular flexibility index (Phi) is 4.68. The lowest BCUT2D eigenvalue weighted by Crippen LogP contribution is -2.58. The summed E-state index contributed by atoms with van der Waals surface area (Å²) in [6.45, 7) is 0. The van der Waals surface area contributed by atoms with Crippen LogP contribution in [0.25, 0.3) is 10.9 Å². The minimum absolute atomic E-state index is 0.171. The van der Waals surface area contributed by atoms with Gasteiger partial charge in [-0.3, -0.25) is 9.59 Å². The normalized spacial score (nSPS) is 18.5. The zero-order chi connectivity index (χ0) is 19.8. The van der Waals surface area contributed by atoms with Gasteiger partial charge in [-0.1, -0.05) is 11.6 Å². The molecular weight excluding hydrogens is 383 g/mol. The second kappa shape index (κ2) is 7.16. The molecule has 0 radical (unpaired) electrons. The number of H-pyrrole nitrogens is 1. The maximum atomic E-state index is 13.3. The summed E-state index contributed by atoms with van der Waals surface area (Å²) in [7, 11) is 0. The monoisotopic (exact) mass is 400 g/mol. The third-order valence-corrected chi connectivity index (χ3v) is 5.34. The molecular formula is C20H18ClFN4O2. The molecule has 2 atom stereocenters. The van der Waals surface area contributed by atoms with Crippen LogP contribution in [0.5, 0.6) is 0 Å². The average molecular weight is 401 g/mol. The van der Waals surface area contributed by atoms with Crippen molar-refractivity contribution in [2.24, 2.45) is 0 Å². The second-order valence-electron chi connectivity index (χ2n) is 6.89. The summed E-state index contributed by atoms with van der Waals surface area (Å²) in [6, 6.07) is 10.2. The van der Waals surface area contributed by atoms with Gasteiger partial charge < -0.3 is 21.4 Å². The molecule has 1 heterocycles. The summed E-state index contributed by atoms with van der Waals surface area (Å²) in [5.74, 6) is -0.923. The van der Waals surface area contributed by atoms with Crippen molar-refractivity contribution in [1.82, 2.24) is 15.6 Å². The number of nitrogen functional groups attached to an aromatic ring is 1. The van der Waals surface area contributed by atoms with E-state index in [4.69, 9.17) is 17.3 Å². The number of anilines is 1. The molecule has 5 N–H and O–H groups in total. The third kappa shape index (κ3) is 3.53. The van der Waals surface area contributed by atoms with Gasteiger partial charge in [0.05, 0.1) is 10.7 Å². The molecule has 144 valence electrons. The van der Waals surface area contributed by atoms with Crippen LogP contribution in [-0.4, -0.2) is 28.9 Å². The van der Waals surface area contributed by atoms with Crippen LogP contribution < -0.4 is 16.4 Å². The highest BCUT2D eigenvalue weighted by atomic mass is 35.5. The standard InChI is InChI=1S/C20H18ClFN4O2/c21-13-3-1-10(8-14(13)23)19(27)25-16-5-6-17(16)26-20(28)18-9-11-7-12(22)2-4-15(11)24-18/h1-4,7-9,16-17,24H,5-6,23H2,(H,25,27)(H,26,28). The van der Waals surface area contributed by atoms with E-state index in [0.29, 0.717) is 32.9 Å². The molecule has 0 bridgehead atoms. The van der Waals surface area contributed by atoms with Crippen molar-refractivity contribution in [3.63, 3.8) is 0 Å². The van der Waals surface area contributed by atoms with Gasteiger partial charge in [-0.25, -0.2) is 4.39 Å². The third-order valence-electron chi connectivity index (χ3n) is 4.99. The molecule has 2 amide bonds. The number of rotatable bonds is 4. The fraction of sp³-hybridized carbons (Fsp3) is 0.200. The van der Waals surface area contributed by atoms with Crippen LogP contribution >= 0.6 is 11.6 Å².